The van der Waals surface area contributed by atoms with Crippen molar-refractivity contribution in [2.24, 2.45) is 0 Å². The van der Waals surface area contributed by atoms with Crippen LogP contribution in [0.1, 0.15) is 18.4 Å². The Hall–Kier alpha value is -2.92. The summed E-state index contributed by atoms with van der Waals surface area (Å²) >= 11 is 0. The van der Waals surface area contributed by atoms with Crippen LogP contribution in [0.15, 0.2) is 18.2 Å². The van der Waals surface area contributed by atoms with Crippen LogP contribution in [-0.4, -0.2) is 92.1 Å². The Morgan fingerprint density at radius 1 is 1.00 bits per heavy atom. The number of alkyl halides is 1. The SMILES string of the molecule is O=C(ON1C(=O)CCC1=O)N1CCN(Cc2ccc(N3CCOCC3)cc2OCF)CC1. The van der Waals surface area contributed by atoms with E-state index in [1.807, 2.05) is 18.2 Å². The summed E-state index contributed by atoms with van der Waals surface area (Å²) in [7, 11) is 0. The molecule has 1 aromatic rings. The van der Waals surface area contributed by atoms with Gasteiger partial charge in [-0.25, -0.2) is 9.18 Å². The molecule has 10 nitrogen and oxygen atoms in total. The second-order valence-corrected chi connectivity index (χ2v) is 7.85. The number of nitrogens with zero attached hydrogens (tertiary/aromatic N) is 4. The molecule has 32 heavy (non-hydrogen) atoms. The maximum absolute atomic E-state index is 13.0. The predicted octanol–water partition coefficient (Wildman–Crippen LogP) is 1.15. The number of anilines is 1. The first kappa shape index (κ1) is 22.3. The molecular weight excluding hydrogens is 423 g/mol. The molecule has 3 heterocycles. The Bertz CT molecular complexity index is 839. The Morgan fingerprint density at radius 2 is 1.69 bits per heavy atom. The number of carbonyl (C=O) groups excluding carboxylic acids is 3. The van der Waals surface area contributed by atoms with Crippen molar-refractivity contribution in [1.82, 2.24) is 14.9 Å². The van der Waals surface area contributed by atoms with E-state index in [9.17, 15) is 18.8 Å². The largest absolute Gasteiger partial charge is 0.463 e. The monoisotopic (exact) mass is 450 g/mol. The lowest BCUT2D eigenvalue weighted by Crippen LogP contribution is -2.50. The van der Waals surface area contributed by atoms with Crippen molar-refractivity contribution in [3.8, 4) is 5.75 Å². The summed E-state index contributed by atoms with van der Waals surface area (Å²) in [5, 5.41) is 0.561. The first-order valence-electron chi connectivity index (χ1n) is 10.7. The first-order valence-corrected chi connectivity index (χ1v) is 10.7. The number of hydrogen-bond donors (Lipinski definition) is 0. The number of rotatable bonds is 6. The van der Waals surface area contributed by atoms with E-state index >= 15 is 0 Å². The van der Waals surface area contributed by atoms with Gasteiger partial charge in [-0.15, -0.1) is 5.06 Å². The van der Waals surface area contributed by atoms with Gasteiger partial charge in [-0.2, -0.15) is 0 Å². The van der Waals surface area contributed by atoms with Crippen molar-refractivity contribution >= 4 is 23.6 Å². The van der Waals surface area contributed by atoms with Gasteiger partial charge in [0, 0.05) is 76.0 Å². The van der Waals surface area contributed by atoms with E-state index in [2.05, 4.69) is 9.80 Å². The van der Waals surface area contributed by atoms with Gasteiger partial charge in [-0.3, -0.25) is 14.5 Å². The summed E-state index contributed by atoms with van der Waals surface area (Å²) in [5.41, 5.74) is 1.84. The molecule has 0 aromatic heterocycles. The van der Waals surface area contributed by atoms with E-state index < -0.39 is 24.8 Å². The summed E-state index contributed by atoms with van der Waals surface area (Å²) in [5.74, 6) is -0.491. The molecule has 0 atom stereocenters. The normalized spacial score (nSPS) is 20.1. The summed E-state index contributed by atoms with van der Waals surface area (Å²) in [6.45, 7) is 4.43. The average molecular weight is 450 g/mol. The van der Waals surface area contributed by atoms with Gasteiger partial charge in [0.05, 0.1) is 13.2 Å². The van der Waals surface area contributed by atoms with E-state index in [1.54, 1.807) is 0 Å². The van der Waals surface area contributed by atoms with E-state index in [-0.39, 0.29) is 12.8 Å². The molecule has 3 fully saturated rings. The third-order valence-corrected chi connectivity index (χ3v) is 5.84. The van der Waals surface area contributed by atoms with Crippen LogP contribution in [0, 0.1) is 0 Å². The van der Waals surface area contributed by atoms with Gasteiger partial charge in [0.15, 0.2) is 0 Å². The fourth-order valence-corrected chi connectivity index (χ4v) is 4.01. The van der Waals surface area contributed by atoms with Crippen LogP contribution in [0.2, 0.25) is 0 Å². The van der Waals surface area contributed by atoms with Gasteiger partial charge in [0.2, 0.25) is 6.86 Å². The van der Waals surface area contributed by atoms with E-state index in [0.29, 0.717) is 56.8 Å². The average Bonchev–Trinajstić information content (AvgIpc) is 3.13. The molecule has 0 aliphatic carbocycles. The van der Waals surface area contributed by atoms with Crippen molar-refractivity contribution in [2.75, 3.05) is 64.2 Å². The lowest BCUT2D eigenvalue weighted by molar-refractivity contribution is -0.174. The summed E-state index contributed by atoms with van der Waals surface area (Å²) in [6.07, 6.45) is -0.578. The molecule has 0 N–H and O–H groups in total. The highest BCUT2D eigenvalue weighted by molar-refractivity contribution is 6.01. The molecule has 0 radical (unpaired) electrons. The van der Waals surface area contributed by atoms with Gasteiger partial charge in [0.25, 0.3) is 11.8 Å². The number of piperazine rings is 1. The second kappa shape index (κ2) is 10.1. The minimum absolute atomic E-state index is 0.0630. The molecule has 0 unspecified atom stereocenters. The minimum atomic E-state index is -0.910. The van der Waals surface area contributed by atoms with Crippen LogP contribution in [0.25, 0.3) is 0 Å². The number of benzene rings is 1. The maximum atomic E-state index is 13.0. The van der Waals surface area contributed by atoms with Crippen LogP contribution >= 0.6 is 0 Å². The molecule has 1 aromatic carbocycles. The number of carbonyl (C=O) groups is 3. The van der Waals surface area contributed by atoms with E-state index in [1.165, 1.54) is 4.90 Å². The van der Waals surface area contributed by atoms with Crippen LogP contribution in [0.3, 0.4) is 0 Å². The highest BCUT2D eigenvalue weighted by Crippen LogP contribution is 2.28. The Labute approximate surface area is 185 Å². The Kier molecular flexibility index (Phi) is 7.05. The number of halogens is 1. The van der Waals surface area contributed by atoms with Gasteiger partial charge >= 0.3 is 6.09 Å². The molecule has 11 heteroatoms. The van der Waals surface area contributed by atoms with Gasteiger partial charge in [-0.1, -0.05) is 6.07 Å². The number of amides is 3. The maximum Gasteiger partial charge on any atom is 0.434 e. The number of ether oxygens (including phenoxy) is 2. The standard InChI is InChI=1S/C21H27FN4O6/c22-15-31-18-13-17(24-9-11-30-12-10-24)2-1-16(18)14-23-5-7-25(8-6-23)21(29)32-26-19(27)3-4-20(26)28/h1-2,13H,3-12,14-15H2. The molecule has 0 bridgehead atoms. The van der Waals surface area contributed by atoms with Crippen LogP contribution in [0.4, 0.5) is 14.9 Å². The smallest absolute Gasteiger partial charge is 0.434 e. The topological polar surface area (TPSA) is 91.9 Å². The number of hydroxylamine groups is 2. The predicted molar refractivity (Wildman–Crippen MR) is 110 cm³/mol. The second-order valence-electron chi connectivity index (χ2n) is 7.85. The summed E-state index contributed by atoms with van der Waals surface area (Å²) < 4.78 is 23.6. The van der Waals surface area contributed by atoms with Crippen LogP contribution in [-0.2, 0) is 25.7 Å². The van der Waals surface area contributed by atoms with Crippen molar-refractivity contribution in [1.29, 1.82) is 0 Å². The van der Waals surface area contributed by atoms with Gasteiger partial charge in [-0.05, 0) is 6.07 Å². The molecule has 3 amide bonds. The van der Waals surface area contributed by atoms with Crippen LogP contribution in [0.5, 0.6) is 5.75 Å². The zero-order valence-electron chi connectivity index (χ0n) is 17.8. The highest BCUT2D eigenvalue weighted by Gasteiger charge is 2.35. The minimum Gasteiger partial charge on any atom is -0.463 e. The first-order chi connectivity index (χ1) is 15.5. The molecule has 3 saturated heterocycles. The molecule has 0 spiro atoms. The van der Waals surface area contributed by atoms with Crippen molar-refractivity contribution in [3.63, 3.8) is 0 Å². The van der Waals surface area contributed by atoms with Gasteiger partial charge in [0.1, 0.15) is 5.75 Å². The molecule has 3 aliphatic rings. The fourth-order valence-electron chi connectivity index (χ4n) is 4.01. The molecule has 0 saturated carbocycles. The lowest BCUT2D eigenvalue weighted by Gasteiger charge is -2.34. The number of imide groups is 1. The van der Waals surface area contributed by atoms with Crippen LogP contribution < -0.4 is 9.64 Å². The summed E-state index contributed by atoms with van der Waals surface area (Å²) in [4.78, 5) is 46.3. The Balaban J connectivity index is 1.32. The van der Waals surface area contributed by atoms with Gasteiger partial charge < -0.3 is 24.1 Å². The zero-order valence-corrected chi connectivity index (χ0v) is 17.8. The molecule has 3 aliphatic heterocycles. The number of morpholine rings is 1. The lowest BCUT2D eigenvalue weighted by atomic mass is 10.1. The molecule has 174 valence electrons. The van der Waals surface area contributed by atoms with E-state index in [0.717, 1.165) is 24.3 Å². The van der Waals surface area contributed by atoms with Crippen molar-refractivity contribution in [3.05, 3.63) is 23.8 Å². The Morgan fingerprint density at radius 3 is 2.34 bits per heavy atom. The zero-order chi connectivity index (χ0) is 22.5. The van der Waals surface area contributed by atoms with Crippen molar-refractivity contribution < 1.29 is 33.1 Å². The molecule has 4 rings (SSSR count). The third kappa shape index (κ3) is 5.10. The number of hydrogen-bond acceptors (Lipinski definition) is 8. The molecular formula is C21H27FN4O6. The van der Waals surface area contributed by atoms with Crippen molar-refractivity contribution in [2.45, 2.75) is 19.4 Å². The fraction of sp³-hybridized carbons (Fsp3) is 0.571. The van der Waals surface area contributed by atoms with E-state index in [4.69, 9.17) is 14.3 Å². The highest BCUT2D eigenvalue weighted by atomic mass is 19.1. The quantitative estimate of drug-likeness (QED) is 0.596. The third-order valence-electron chi connectivity index (χ3n) is 5.84. The summed E-state index contributed by atoms with van der Waals surface area (Å²) in [6, 6.07) is 5.81.